The lowest BCUT2D eigenvalue weighted by atomic mass is 9.85. The van der Waals surface area contributed by atoms with Crippen LogP contribution in [0.4, 0.5) is 0 Å². The second kappa shape index (κ2) is 6.27. The molecule has 0 bridgehead atoms. The molecule has 1 aliphatic rings. The molecular weight excluding hydrogens is 338 g/mol. The van der Waals surface area contributed by atoms with E-state index in [0.29, 0.717) is 0 Å². The predicted octanol–water partition coefficient (Wildman–Crippen LogP) is 4.91. The van der Waals surface area contributed by atoms with Gasteiger partial charge in [-0.05, 0) is 47.0 Å². The molecule has 4 heteroatoms. The topological polar surface area (TPSA) is 18.5 Å². The molecule has 0 aromatic rings. The summed E-state index contributed by atoms with van der Waals surface area (Å²) in [7, 11) is -0.178. The third kappa shape index (κ3) is 3.51. The van der Waals surface area contributed by atoms with Crippen LogP contribution in [-0.2, 0) is 9.31 Å². The lowest BCUT2D eigenvalue weighted by Gasteiger charge is -2.32. The van der Waals surface area contributed by atoms with Gasteiger partial charge < -0.3 is 9.31 Å². The van der Waals surface area contributed by atoms with Crippen LogP contribution in [0.1, 0.15) is 67.2 Å². The van der Waals surface area contributed by atoms with Gasteiger partial charge in [0.2, 0.25) is 0 Å². The van der Waals surface area contributed by atoms with E-state index in [1.54, 1.807) is 0 Å². The highest BCUT2D eigenvalue weighted by molar-refractivity contribution is 14.1. The summed E-state index contributed by atoms with van der Waals surface area (Å²) in [5.74, 6) is 0. The molecule has 18 heavy (non-hydrogen) atoms. The highest BCUT2D eigenvalue weighted by Crippen LogP contribution is 2.41. The van der Waals surface area contributed by atoms with Crippen molar-refractivity contribution in [2.45, 2.75) is 78.4 Å². The summed E-state index contributed by atoms with van der Waals surface area (Å²) in [6, 6.07) is 0. The quantitative estimate of drug-likeness (QED) is 0.510. The van der Waals surface area contributed by atoms with Crippen LogP contribution in [0.3, 0.4) is 0 Å². The highest BCUT2D eigenvalue weighted by atomic mass is 127. The van der Waals surface area contributed by atoms with Gasteiger partial charge in [-0.2, -0.15) is 0 Å². The Morgan fingerprint density at radius 1 is 1.06 bits per heavy atom. The Labute approximate surface area is 126 Å². The molecule has 0 unspecified atom stereocenters. The zero-order valence-electron chi connectivity index (χ0n) is 12.6. The number of unbranched alkanes of at least 4 members (excludes halogenated alkanes) is 1. The molecule has 1 saturated heterocycles. The van der Waals surface area contributed by atoms with E-state index >= 15 is 0 Å². The number of halogens is 1. The first-order valence-electron chi connectivity index (χ1n) is 6.98. The Kier molecular flexibility index (Phi) is 5.75. The molecule has 0 spiro atoms. The van der Waals surface area contributed by atoms with E-state index in [4.69, 9.17) is 9.31 Å². The molecule has 104 valence electrons. The van der Waals surface area contributed by atoms with E-state index in [-0.39, 0.29) is 18.3 Å². The smallest absolute Gasteiger partial charge is 0.399 e. The minimum atomic E-state index is -0.238. The van der Waals surface area contributed by atoms with Crippen LogP contribution in [0.5, 0.6) is 0 Å². The summed E-state index contributed by atoms with van der Waals surface area (Å²) in [5.41, 5.74) is 1.01. The van der Waals surface area contributed by atoms with Crippen molar-refractivity contribution in [2.24, 2.45) is 0 Å². The molecule has 0 amide bonds. The van der Waals surface area contributed by atoms with Gasteiger partial charge in [0.25, 0.3) is 0 Å². The van der Waals surface area contributed by atoms with E-state index in [2.05, 4.69) is 64.1 Å². The molecule has 0 aromatic carbocycles. The monoisotopic (exact) mass is 364 g/mol. The molecule has 0 radical (unpaired) electrons. The number of allylic oxidation sites excluding steroid dienone is 1. The van der Waals surface area contributed by atoms with Crippen molar-refractivity contribution >= 4 is 29.7 Å². The highest BCUT2D eigenvalue weighted by Gasteiger charge is 2.52. The van der Waals surface area contributed by atoms with Crippen molar-refractivity contribution in [3.63, 3.8) is 0 Å². The molecule has 1 aliphatic heterocycles. The van der Waals surface area contributed by atoms with Crippen LogP contribution in [0.15, 0.2) is 9.05 Å². The Morgan fingerprint density at radius 2 is 1.56 bits per heavy atom. The molecule has 0 N–H and O–H groups in total. The second-order valence-electron chi connectivity index (χ2n) is 6.00. The summed E-state index contributed by atoms with van der Waals surface area (Å²) in [4.78, 5) is 0. The Morgan fingerprint density at radius 3 is 1.94 bits per heavy atom. The van der Waals surface area contributed by atoms with Gasteiger partial charge in [-0.15, -0.1) is 0 Å². The van der Waals surface area contributed by atoms with Crippen LogP contribution in [0.2, 0.25) is 0 Å². The summed E-state index contributed by atoms with van der Waals surface area (Å²) >= 11 is 2.41. The van der Waals surface area contributed by atoms with E-state index < -0.39 is 0 Å². The Hall–Kier alpha value is 0.455. The fourth-order valence-electron chi connectivity index (χ4n) is 1.97. The average molecular weight is 364 g/mol. The summed E-state index contributed by atoms with van der Waals surface area (Å²) in [5, 5.41) is 0. The number of rotatable bonds is 5. The van der Waals surface area contributed by atoms with Gasteiger partial charge in [0.1, 0.15) is 0 Å². The molecule has 0 aromatic heterocycles. The van der Waals surface area contributed by atoms with Crippen molar-refractivity contribution < 1.29 is 9.31 Å². The van der Waals surface area contributed by atoms with Gasteiger partial charge in [-0.3, -0.25) is 0 Å². The maximum Gasteiger partial charge on any atom is 0.501 e. The van der Waals surface area contributed by atoms with E-state index in [0.717, 1.165) is 12.8 Å². The standard InChI is InChI=1S/C14H26BIO2/c1-7-9-10-11(8-2)12(16)15-17-13(3,4)14(5,6)18-15/h7-10H2,1-6H3/b12-11+. The second-order valence-corrected chi connectivity index (χ2v) is 7.16. The minimum Gasteiger partial charge on any atom is -0.399 e. The van der Waals surface area contributed by atoms with Crippen LogP contribution in [-0.4, -0.2) is 18.3 Å². The largest absolute Gasteiger partial charge is 0.501 e. The Balaban J connectivity index is 2.85. The molecular formula is C14H26BIO2. The average Bonchev–Trinajstić information content (AvgIpc) is 2.49. The normalized spacial score (nSPS) is 23.2. The first-order valence-corrected chi connectivity index (χ1v) is 8.06. The molecule has 0 aliphatic carbocycles. The van der Waals surface area contributed by atoms with Gasteiger partial charge in [0.05, 0.1) is 11.2 Å². The minimum absolute atomic E-state index is 0.178. The molecule has 1 heterocycles. The maximum absolute atomic E-state index is 6.10. The van der Waals surface area contributed by atoms with Crippen molar-refractivity contribution in [1.29, 1.82) is 0 Å². The summed E-state index contributed by atoms with van der Waals surface area (Å²) in [6.07, 6.45) is 4.73. The van der Waals surface area contributed by atoms with Crippen LogP contribution in [0.25, 0.3) is 0 Å². The fourth-order valence-corrected chi connectivity index (χ4v) is 2.87. The van der Waals surface area contributed by atoms with Crippen molar-refractivity contribution in [1.82, 2.24) is 0 Å². The van der Waals surface area contributed by atoms with Crippen molar-refractivity contribution in [2.75, 3.05) is 0 Å². The van der Waals surface area contributed by atoms with E-state index in [1.165, 1.54) is 21.9 Å². The molecule has 1 rings (SSSR count). The molecule has 1 fully saturated rings. The first kappa shape index (κ1) is 16.5. The molecule has 0 atom stereocenters. The van der Waals surface area contributed by atoms with E-state index in [9.17, 15) is 0 Å². The first-order chi connectivity index (χ1) is 8.25. The predicted molar refractivity (Wildman–Crippen MR) is 86.9 cm³/mol. The lowest BCUT2D eigenvalue weighted by molar-refractivity contribution is 0.00578. The SMILES string of the molecule is CCCC/C(CC)=C(/I)B1OC(C)(C)C(C)(C)O1. The van der Waals surface area contributed by atoms with Crippen LogP contribution >= 0.6 is 22.6 Å². The van der Waals surface area contributed by atoms with Gasteiger partial charge in [-0.25, -0.2) is 0 Å². The third-order valence-electron chi connectivity index (χ3n) is 4.06. The van der Waals surface area contributed by atoms with Gasteiger partial charge in [0, 0.05) is 3.48 Å². The van der Waals surface area contributed by atoms with Crippen molar-refractivity contribution in [3.05, 3.63) is 9.05 Å². The fraction of sp³-hybridized carbons (Fsp3) is 0.857. The lowest BCUT2D eigenvalue weighted by Crippen LogP contribution is -2.41. The Bertz CT molecular complexity index is 308. The van der Waals surface area contributed by atoms with Gasteiger partial charge >= 0.3 is 7.12 Å². The number of hydrogen-bond donors (Lipinski definition) is 0. The van der Waals surface area contributed by atoms with Crippen molar-refractivity contribution in [3.8, 4) is 0 Å². The third-order valence-corrected chi connectivity index (χ3v) is 5.33. The number of hydrogen-bond acceptors (Lipinski definition) is 2. The molecule has 0 saturated carbocycles. The van der Waals surface area contributed by atoms with Gasteiger partial charge in [-0.1, -0.05) is 48.4 Å². The van der Waals surface area contributed by atoms with E-state index in [1.807, 2.05) is 0 Å². The maximum atomic E-state index is 6.10. The summed E-state index contributed by atoms with van der Waals surface area (Å²) < 4.78 is 13.5. The van der Waals surface area contributed by atoms with Crippen LogP contribution < -0.4 is 0 Å². The summed E-state index contributed by atoms with van der Waals surface area (Å²) in [6.45, 7) is 12.9. The molecule has 2 nitrogen and oxygen atoms in total. The van der Waals surface area contributed by atoms with Gasteiger partial charge in [0.15, 0.2) is 0 Å². The van der Waals surface area contributed by atoms with Crippen LogP contribution in [0, 0.1) is 0 Å². The zero-order chi connectivity index (χ0) is 14.0. The zero-order valence-corrected chi connectivity index (χ0v) is 14.8.